The van der Waals surface area contributed by atoms with Gasteiger partial charge in [-0.3, -0.25) is 0 Å². The number of alkyl halides is 3. The fourth-order valence-corrected chi connectivity index (χ4v) is 1.15. The first-order valence-electron chi connectivity index (χ1n) is 4.57. The molecule has 1 rings (SSSR count). The normalized spacial score (nSPS) is 11.2. The molecule has 0 atom stereocenters. The van der Waals surface area contributed by atoms with E-state index in [4.69, 9.17) is 14.8 Å². The molecule has 0 amide bonds. The summed E-state index contributed by atoms with van der Waals surface area (Å²) in [4.78, 5) is 0. The first kappa shape index (κ1) is 13.7. The molecule has 0 saturated carbocycles. The predicted molar refractivity (Wildman–Crippen MR) is 54.4 cm³/mol. The summed E-state index contributed by atoms with van der Waals surface area (Å²) in [5, 5.41) is 18.0. The van der Waals surface area contributed by atoms with Crippen LogP contribution in [-0.2, 0) is 0 Å². The van der Waals surface area contributed by atoms with E-state index in [2.05, 4.69) is 4.74 Å². The molecule has 1 aromatic rings. The van der Waals surface area contributed by atoms with Gasteiger partial charge in [0.25, 0.3) is 0 Å². The van der Waals surface area contributed by atoms with Crippen LogP contribution < -0.4 is 14.9 Å². The van der Waals surface area contributed by atoms with Crippen molar-refractivity contribution in [2.75, 3.05) is 13.7 Å². The number of benzene rings is 1. The lowest BCUT2D eigenvalue weighted by atomic mass is 9.79. The summed E-state index contributed by atoms with van der Waals surface area (Å²) in [7, 11) is -0.590. The monoisotopic (exact) mass is 250 g/mol. The Balaban J connectivity index is 2.91. The van der Waals surface area contributed by atoms with Crippen LogP contribution in [0.4, 0.5) is 13.2 Å². The lowest BCUT2D eigenvalue weighted by Gasteiger charge is -2.13. The smallest absolute Gasteiger partial charge is 0.492 e. The van der Waals surface area contributed by atoms with E-state index in [1.54, 1.807) is 0 Å². The van der Waals surface area contributed by atoms with Crippen LogP contribution in [0, 0.1) is 0 Å². The Morgan fingerprint density at radius 1 is 1.29 bits per heavy atom. The molecule has 0 aliphatic rings. The highest BCUT2D eigenvalue weighted by Crippen LogP contribution is 2.19. The highest BCUT2D eigenvalue weighted by molar-refractivity contribution is 6.59. The molecule has 0 unspecified atom stereocenters. The third-order valence-electron chi connectivity index (χ3n) is 1.89. The van der Waals surface area contributed by atoms with Crippen LogP contribution in [0.25, 0.3) is 0 Å². The third kappa shape index (κ3) is 4.16. The molecule has 0 spiro atoms. The van der Waals surface area contributed by atoms with E-state index in [-0.39, 0.29) is 17.0 Å². The average Bonchev–Trinajstić information content (AvgIpc) is 2.25. The molecule has 0 aromatic heterocycles. The van der Waals surface area contributed by atoms with Gasteiger partial charge in [-0.2, -0.15) is 13.2 Å². The molecular formula is C9H10BF3O4. The van der Waals surface area contributed by atoms with Crippen LogP contribution in [0.2, 0.25) is 0 Å². The molecule has 0 fully saturated rings. The standard InChI is InChI=1S/C9H10BF3O4/c1-16-6-2-3-8(7(4-6)10(14)15)17-5-9(11,12)13/h2-4,14-15H,5H2,1H3. The van der Waals surface area contributed by atoms with Crippen molar-refractivity contribution in [2.45, 2.75) is 6.18 Å². The number of halogens is 3. The van der Waals surface area contributed by atoms with Crippen molar-refractivity contribution in [3.63, 3.8) is 0 Å². The van der Waals surface area contributed by atoms with Gasteiger partial charge in [0, 0.05) is 5.46 Å². The van der Waals surface area contributed by atoms with Crippen molar-refractivity contribution in [1.82, 2.24) is 0 Å². The van der Waals surface area contributed by atoms with Gasteiger partial charge in [0.15, 0.2) is 6.61 Å². The van der Waals surface area contributed by atoms with Crippen molar-refractivity contribution < 1.29 is 32.7 Å². The van der Waals surface area contributed by atoms with Crippen LogP contribution in [0.3, 0.4) is 0 Å². The molecule has 0 aliphatic heterocycles. The molecule has 0 saturated heterocycles. The zero-order valence-electron chi connectivity index (χ0n) is 8.86. The molecule has 8 heteroatoms. The van der Waals surface area contributed by atoms with Crippen LogP contribution in [0.5, 0.6) is 11.5 Å². The second-order valence-corrected chi connectivity index (χ2v) is 3.18. The second-order valence-electron chi connectivity index (χ2n) is 3.18. The number of rotatable bonds is 4. The van der Waals surface area contributed by atoms with E-state index in [0.717, 1.165) is 0 Å². The Hall–Kier alpha value is -1.41. The quantitative estimate of drug-likeness (QED) is 0.755. The maximum atomic E-state index is 11.9. The molecular weight excluding hydrogens is 240 g/mol. The maximum absolute atomic E-state index is 11.9. The van der Waals surface area contributed by atoms with Crippen LogP contribution in [-0.4, -0.2) is 37.1 Å². The Kier molecular flexibility index (Phi) is 4.25. The molecule has 2 N–H and O–H groups in total. The highest BCUT2D eigenvalue weighted by atomic mass is 19.4. The first-order valence-corrected chi connectivity index (χ1v) is 4.57. The van der Waals surface area contributed by atoms with Gasteiger partial charge < -0.3 is 19.5 Å². The molecule has 4 nitrogen and oxygen atoms in total. The van der Waals surface area contributed by atoms with Crippen molar-refractivity contribution in [3.8, 4) is 11.5 Å². The average molecular weight is 250 g/mol. The zero-order chi connectivity index (χ0) is 13.1. The number of ether oxygens (including phenoxy) is 2. The Morgan fingerprint density at radius 2 is 1.94 bits per heavy atom. The fraction of sp³-hybridized carbons (Fsp3) is 0.333. The molecule has 0 aliphatic carbocycles. The first-order chi connectivity index (χ1) is 7.83. The van der Waals surface area contributed by atoms with Gasteiger partial charge in [-0.1, -0.05) is 0 Å². The van der Waals surface area contributed by atoms with E-state index >= 15 is 0 Å². The largest absolute Gasteiger partial charge is 0.497 e. The number of hydrogen-bond donors (Lipinski definition) is 2. The summed E-state index contributed by atoms with van der Waals surface area (Å²) >= 11 is 0. The summed E-state index contributed by atoms with van der Waals surface area (Å²) in [6.45, 7) is -1.50. The SMILES string of the molecule is COc1ccc(OCC(F)(F)F)c(B(O)O)c1. The van der Waals surface area contributed by atoms with E-state index < -0.39 is 19.9 Å². The summed E-state index contributed by atoms with van der Waals surface area (Å²) < 4.78 is 45.1. The summed E-state index contributed by atoms with van der Waals surface area (Å²) in [5.74, 6) is 0.0329. The van der Waals surface area contributed by atoms with Gasteiger partial charge in [-0.25, -0.2) is 0 Å². The minimum Gasteiger partial charge on any atom is -0.497 e. The summed E-state index contributed by atoms with van der Waals surface area (Å²) in [6.07, 6.45) is -4.49. The minimum atomic E-state index is -4.49. The number of hydrogen-bond acceptors (Lipinski definition) is 4. The predicted octanol–water partition coefficient (Wildman–Crippen LogP) is 0.316. The van der Waals surface area contributed by atoms with Crippen molar-refractivity contribution in [3.05, 3.63) is 18.2 Å². The lowest BCUT2D eigenvalue weighted by molar-refractivity contribution is -0.153. The molecule has 94 valence electrons. The van der Waals surface area contributed by atoms with Crippen molar-refractivity contribution in [1.29, 1.82) is 0 Å². The van der Waals surface area contributed by atoms with Gasteiger partial charge in [0.1, 0.15) is 11.5 Å². The third-order valence-corrected chi connectivity index (χ3v) is 1.89. The van der Waals surface area contributed by atoms with Crippen LogP contribution in [0.15, 0.2) is 18.2 Å². The van der Waals surface area contributed by atoms with Crippen LogP contribution in [0.1, 0.15) is 0 Å². The highest BCUT2D eigenvalue weighted by Gasteiger charge is 2.29. The van der Waals surface area contributed by atoms with Gasteiger partial charge in [-0.15, -0.1) is 0 Å². The van der Waals surface area contributed by atoms with Crippen molar-refractivity contribution in [2.24, 2.45) is 0 Å². The molecule has 0 heterocycles. The van der Waals surface area contributed by atoms with E-state index in [1.165, 1.54) is 25.3 Å². The lowest BCUT2D eigenvalue weighted by Crippen LogP contribution is -2.33. The topological polar surface area (TPSA) is 58.9 Å². The number of methoxy groups -OCH3 is 1. The van der Waals surface area contributed by atoms with E-state index in [0.29, 0.717) is 0 Å². The second kappa shape index (κ2) is 5.28. The summed E-state index contributed by atoms with van der Waals surface area (Å²) in [6, 6.07) is 3.73. The van der Waals surface area contributed by atoms with E-state index in [1.807, 2.05) is 0 Å². The fourth-order valence-electron chi connectivity index (χ4n) is 1.15. The van der Waals surface area contributed by atoms with E-state index in [9.17, 15) is 13.2 Å². The zero-order valence-corrected chi connectivity index (χ0v) is 8.86. The van der Waals surface area contributed by atoms with Gasteiger partial charge >= 0.3 is 13.3 Å². The van der Waals surface area contributed by atoms with Gasteiger partial charge in [-0.05, 0) is 18.2 Å². The molecule has 0 bridgehead atoms. The Labute approximate surface area is 95.7 Å². The van der Waals surface area contributed by atoms with Gasteiger partial charge in [0.2, 0.25) is 0 Å². The Morgan fingerprint density at radius 3 is 2.41 bits per heavy atom. The molecule has 17 heavy (non-hydrogen) atoms. The maximum Gasteiger partial charge on any atom is 0.492 e. The minimum absolute atomic E-state index is 0.186. The van der Waals surface area contributed by atoms with Crippen molar-refractivity contribution >= 4 is 12.6 Å². The van der Waals surface area contributed by atoms with Crippen LogP contribution >= 0.6 is 0 Å². The molecule has 0 radical (unpaired) electrons. The summed E-state index contributed by atoms with van der Waals surface area (Å²) in [5.41, 5.74) is -0.186. The van der Waals surface area contributed by atoms with Gasteiger partial charge in [0.05, 0.1) is 7.11 Å². The molecule has 1 aromatic carbocycles. The Bertz CT molecular complexity index is 381.